The summed E-state index contributed by atoms with van der Waals surface area (Å²) in [7, 11) is -3.35. The zero-order valence-electron chi connectivity index (χ0n) is 10.9. The summed E-state index contributed by atoms with van der Waals surface area (Å²) in [4.78, 5) is 0.383. The van der Waals surface area contributed by atoms with Crippen LogP contribution in [0.25, 0.3) is 0 Å². The summed E-state index contributed by atoms with van der Waals surface area (Å²) in [5, 5.41) is 0. The minimum atomic E-state index is -3.35. The molecule has 0 saturated carbocycles. The van der Waals surface area contributed by atoms with Crippen LogP contribution in [0.1, 0.15) is 25.3 Å². The second-order valence-corrected chi connectivity index (χ2v) is 6.86. The molecule has 0 spiro atoms. The molecule has 100 valence electrons. The normalized spacial score (nSPS) is 21.3. The van der Waals surface area contributed by atoms with Crippen molar-refractivity contribution in [3.63, 3.8) is 0 Å². The number of nitrogen functional groups attached to an aromatic ring is 1. The van der Waals surface area contributed by atoms with Crippen LogP contribution in [-0.4, -0.2) is 25.8 Å². The first-order valence-electron chi connectivity index (χ1n) is 6.31. The van der Waals surface area contributed by atoms with Gasteiger partial charge >= 0.3 is 0 Å². The SMILES string of the molecule is CCC1CCN(S(=O)(=O)c2ccc(N)cc2C)C1. The van der Waals surface area contributed by atoms with Gasteiger partial charge in [-0.3, -0.25) is 0 Å². The largest absolute Gasteiger partial charge is 0.399 e. The van der Waals surface area contributed by atoms with E-state index in [0.717, 1.165) is 18.4 Å². The molecule has 18 heavy (non-hydrogen) atoms. The van der Waals surface area contributed by atoms with Gasteiger partial charge in [0.2, 0.25) is 10.0 Å². The highest BCUT2D eigenvalue weighted by atomic mass is 32.2. The molecule has 0 bridgehead atoms. The molecular formula is C13H20N2O2S. The van der Waals surface area contributed by atoms with Gasteiger partial charge in [-0.05, 0) is 43.0 Å². The van der Waals surface area contributed by atoms with Crippen molar-refractivity contribution in [2.45, 2.75) is 31.6 Å². The van der Waals surface area contributed by atoms with Crippen LogP contribution in [0, 0.1) is 12.8 Å². The van der Waals surface area contributed by atoms with Gasteiger partial charge in [0.15, 0.2) is 0 Å². The van der Waals surface area contributed by atoms with Gasteiger partial charge in [-0.2, -0.15) is 4.31 Å². The molecule has 2 rings (SSSR count). The van der Waals surface area contributed by atoms with Crippen molar-refractivity contribution < 1.29 is 8.42 Å². The highest BCUT2D eigenvalue weighted by Gasteiger charge is 2.32. The minimum Gasteiger partial charge on any atom is -0.399 e. The van der Waals surface area contributed by atoms with Crippen LogP contribution < -0.4 is 5.73 Å². The molecule has 1 aromatic rings. The number of anilines is 1. The van der Waals surface area contributed by atoms with Crippen molar-refractivity contribution in [2.75, 3.05) is 18.8 Å². The average molecular weight is 268 g/mol. The molecule has 1 unspecified atom stereocenters. The lowest BCUT2D eigenvalue weighted by molar-refractivity contribution is 0.452. The van der Waals surface area contributed by atoms with Crippen LogP contribution in [0.5, 0.6) is 0 Å². The maximum Gasteiger partial charge on any atom is 0.243 e. The molecule has 5 heteroatoms. The number of hydrogen-bond acceptors (Lipinski definition) is 3. The van der Waals surface area contributed by atoms with Gasteiger partial charge in [0.25, 0.3) is 0 Å². The molecule has 1 saturated heterocycles. The fraction of sp³-hybridized carbons (Fsp3) is 0.538. The van der Waals surface area contributed by atoms with E-state index in [1.54, 1.807) is 29.4 Å². The number of nitrogens with two attached hydrogens (primary N) is 1. The molecule has 2 N–H and O–H groups in total. The summed E-state index contributed by atoms with van der Waals surface area (Å²) in [6.45, 7) is 5.17. The van der Waals surface area contributed by atoms with Gasteiger partial charge in [0.1, 0.15) is 0 Å². The summed E-state index contributed by atoms with van der Waals surface area (Å²) < 4.78 is 26.6. The minimum absolute atomic E-state index is 0.383. The van der Waals surface area contributed by atoms with E-state index in [9.17, 15) is 8.42 Å². The molecule has 0 radical (unpaired) electrons. The third-order valence-corrected chi connectivity index (χ3v) is 5.67. The quantitative estimate of drug-likeness (QED) is 0.853. The Kier molecular flexibility index (Phi) is 3.64. The van der Waals surface area contributed by atoms with Crippen molar-refractivity contribution in [3.8, 4) is 0 Å². The zero-order chi connectivity index (χ0) is 13.3. The highest BCUT2D eigenvalue weighted by Crippen LogP contribution is 2.28. The maximum atomic E-state index is 12.5. The summed E-state index contributed by atoms with van der Waals surface area (Å²) in [6.07, 6.45) is 2.00. The van der Waals surface area contributed by atoms with Crippen LogP contribution in [0.15, 0.2) is 23.1 Å². The standard InChI is InChI=1S/C13H20N2O2S/c1-3-11-6-7-15(9-11)18(16,17)13-5-4-12(14)8-10(13)2/h4-5,8,11H,3,6-7,9,14H2,1-2H3. The lowest BCUT2D eigenvalue weighted by atomic mass is 10.1. The Labute approximate surface area is 109 Å². The van der Waals surface area contributed by atoms with E-state index in [1.165, 1.54) is 0 Å². The molecule has 0 aliphatic carbocycles. The summed E-state index contributed by atoms with van der Waals surface area (Å²) in [5.74, 6) is 0.494. The Morgan fingerprint density at radius 1 is 1.44 bits per heavy atom. The highest BCUT2D eigenvalue weighted by molar-refractivity contribution is 7.89. The second-order valence-electron chi connectivity index (χ2n) is 4.95. The molecule has 0 amide bonds. The number of nitrogens with zero attached hydrogens (tertiary/aromatic N) is 1. The molecule has 1 aromatic carbocycles. The Bertz CT molecular complexity index is 540. The van der Waals surface area contributed by atoms with Gasteiger partial charge in [-0.15, -0.1) is 0 Å². The Morgan fingerprint density at radius 2 is 2.17 bits per heavy atom. The number of sulfonamides is 1. The van der Waals surface area contributed by atoms with E-state index in [0.29, 0.717) is 29.6 Å². The number of aryl methyl sites for hydroxylation is 1. The van der Waals surface area contributed by atoms with Crippen LogP contribution in [-0.2, 0) is 10.0 Å². The average Bonchev–Trinajstić information content (AvgIpc) is 2.77. The van der Waals surface area contributed by atoms with Crippen LogP contribution >= 0.6 is 0 Å². The Balaban J connectivity index is 2.31. The van der Waals surface area contributed by atoms with E-state index >= 15 is 0 Å². The molecule has 4 nitrogen and oxygen atoms in total. The predicted octanol–water partition coefficient (Wildman–Crippen LogP) is 2.00. The van der Waals surface area contributed by atoms with Crippen molar-refractivity contribution in [2.24, 2.45) is 5.92 Å². The van der Waals surface area contributed by atoms with Crippen LogP contribution in [0.4, 0.5) is 5.69 Å². The summed E-state index contributed by atoms with van der Waals surface area (Å²) >= 11 is 0. The van der Waals surface area contributed by atoms with Gasteiger partial charge < -0.3 is 5.73 Å². The number of rotatable bonds is 3. The van der Waals surface area contributed by atoms with E-state index in [4.69, 9.17) is 5.73 Å². The van der Waals surface area contributed by atoms with Crippen molar-refractivity contribution in [3.05, 3.63) is 23.8 Å². The first kappa shape index (κ1) is 13.4. The van der Waals surface area contributed by atoms with Crippen molar-refractivity contribution >= 4 is 15.7 Å². The number of hydrogen-bond donors (Lipinski definition) is 1. The lowest BCUT2D eigenvalue weighted by Gasteiger charge is -2.18. The lowest BCUT2D eigenvalue weighted by Crippen LogP contribution is -2.29. The van der Waals surface area contributed by atoms with Crippen LogP contribution in [0.2, 0.25) is 0 Å². The Morgan fingerprint density at radius 3 is 2.72 bits per heavy atom. The predicted molar refractivity (Wildman–Crippen MR) is 72.7 cm³/mol. The molecule has 1 aliphatic rings. The van der Waals surface area contributed by atoms with E-state index < -0.39 is 10.0 Å². The molecular weight excluding hydrogens is 248 g/mol. The first-order valence-corrected chi connectivity index (χ1v) is 7.75. The third-order valence-electron chi connectivity index (χ3n) is 3.64. The zero-order valence-corrected chi connectivity index (χ0v) is 11.7. The first-order chi connectivity index (χ1) is 8.45. The van der Waals surface area contributed by atoms with Crippen molar-refractivity contribution in [1.82, 2.24) is 4.31 Å². The molecule has 1 atom stereocenters. The topological polar surface area (TPSA) is 63.4 Å². The van der Waals surface area contributed by atoms with Gasteiger partial charge in [0, 0.05) is 18.8 Å². The second kappa shape index (κ2) is 4.90. The van der Waals surface area contributed by atoms with Gasteiger partial charge in [-0.1, -0.05) is 13.3 Å². The van der Waals surface area contributed by atoms with E-state index in [1.807, 2.05) is 0 Å². The Hall–Kier alpha value is -1.07. The maximum absolute atomic E-state index is 12.5. The third kappa shape index (κ3) is 2.37. The van der Waals surface area contributed by atoms with Gasteiger partial charge in [0.05, 0.1) is 4.90 Å². The molecule has 1 heterocycles. The summed E-state index contributed by atoms with van der Waals surface area (Å²) in [5.41, 5.74) is 6.97. The number of benzene rings is 1. The monoisotopic (exact) mass is 268 g/mol. The molecule has 0 aromatic heterocycles. The van der Waals surface area contributed by atoms with Crippen LogP contribution in [0.3, 0.4) is 0 Å². The fourth-order valence-corrected chi connectivity index (χ4v) is 4.19. The molecule has 1 fully saturated rings. The smallest absolute Gasteiger partial charge is 0.243 e. The fourth-order valence-electron chi connectivity index (χ4n) is 2.45. The summed E-state index contributed by atoms with van der Waals surface area (Å²) in [6, 6.07) is 4.97. The molecule has 1 aliphatic heterocycles. The van der Waals surface area contributed by atoms with Crippen molar-refractivity contribution in [1.29, 1.82) is 0 Å². The van der Waals surface area contributed by atoms with E-state index in [2.05, 4.69) is 6.92 Å². The van der Waals surface area contributed by atoms with E-state index in [-0.39, 0.29) is 0 Å². The van der Waals surface area contributed by atoms with Gasteiger partial charge in [-0.25, -0.2) is 8.42 Å².